The van der Waals surface area contributed by atoms with Gasteiger partial charge in [-0.1, -0.05) is 67.1 Å². The summed E-state index contributed by atoms with van der Waals surface area (Å²) in [5, 5.41) is 2.65. The number of nitrogens with one attached hydrogen (secondary N) is 1. The van der Waals surface area contributed by atoms with Crippen molar-refractivity contribution in [3.63, 3.8) is 0 Å². The van der Waals surface area contributed by atoms with Gasteiger partial charge in [-0.25, -0.2) is 8.42 Å². The molecule has 202 valence electrons. The maximum atomic E-state index is 14.0. The lowest BCUT2D eigenvalue weighted by molar-refractivity contribution is -0.139. The number of amides is 2. The number of anilines is 1. The lowest BCUT2D eigenvalue weighted by Gasteiger charge is -2.33. The van der Waals surface area contributed by atoms with Crippen molar-refractivity contribution in [3.8, 4) is 0 Å². The second-order valence-corrected chi connectivity index (χ2v) is 11.3. The Kier molecular flexibility index (Phi) is 9.69. The first kappa shape index (κ1) is 28.9. The average molecular weight is 536 g/mol. The molecule has 0 radical (unpaired) electrons. The van der Waals surface area contributed by atoms with Crippen LogP contribution in [0.1, 0.15) is 35.6 Å². The molecular weight excluding hydrogens is 498 g/mol. The van der Waals surface area contributed by atoms with E-state index in [0.29, 0.717) is 18.5 Å². The van der Waals surface area contributed by atoms with Crippen LogP contribution in [0, 0.1) is 20.8 Å². The van der Waals surface area contributed by atoms with Gasteiger partial charge < -0.3 is 10.2 Å². The van der Waals surface area contributed by atoms with Gasteiger partial charge >= 0.3 is 0 Å². The molecule has 0 spiro atoms. The summed E-state index contributed by atoms with van der Waals surface area (Å²) in [4.78, 5) is 28.3. The van der Waals surface area contributed by atoms with Crippen molar-refractivity contribution in [1.82, 2.24) is 10.2 Å². The third-order valence-corrected chi connectivity index (χ3v) is 8.41. The molecule has 1 N–H and O–H groups in total. The van der Waals surface area contributed by atoms with Gasteiger partial charge in [0.05, 0.1) is 10.6 Å². The minimum Gasteiger partial charge on any atom is -0.357 e. The van der Waals surface area contributed by atoms with Crippen molar-refractivity contribution < 1.29 is 18.0 Å². The Hall–Kier alpha value is -3.65. The number of nitrogens with zero attached hydrogens (tertiary/aromatic N) is 2. The fraction of sp³-hybridized carbons (Fsp3) is 0.333. The maximum Gasteiger partial charge on any atom is 0.264 e. The minimum absolute atomic E-state index is 0.103. The highest BCUT2D eigenvalue weighted by atomic mass is 32.2. The smallest absolute Gasteiger partial charge is 0.264 e. The van der Waals surface area contributed by atoms with Gasteiger partial charge in [0.1, 0.15) is 12.6 Å². The molecule has 0 bridgehead atoms. The van der Waals surface area contributed by atoms with E-state index in [1.54, 1.807) is 30.3 Å². The molecule has 2 amide bonds. The number of benzene rings is 3. The SMILES string of the molecule is CC[C@H](C(=O)NC)N(CCc1ccccc1)C(=O)CN(c1cc(C)ccc1C)S(=O)(=O)c1ccc(C)cc1. The number of carbonyl (C=O) groups is 2. The van der Waals surface area contributed by atoms with Crippen LogP contribution in [0.4, 0.5) is 5.69 Å². The molecule has 0 saturated heterocycles. The van der Waals surface area contributed by atoms with Crippen LogP contribution in [-0.4, -0.2) is 51.3 Å². The molecule has 0 fully saturated rings. The maximum absolute atomic E-state index is 14.0. The quantitative estimate of drug-likeness (QED) is 0.394. The van der Waals surface area contributed by atoms with Crippen molar-refractivity contribution in [2.75, 3.05) is 24.4 Å². The number of aryl methyl sites for hydroxylation is 3. The number of likely N-dealkylation sites (N-methyl/N-ethyl adjacent to an activating group) is 1. The van der Waals surface area contributed by atoms with E-state index in [9.17, 15) is 18.0 Å². The molecule has 0 saturated carbocycles. The summed E-state index contributed by atoms with van der Waals surface area (Å²) in [6.45, 7) is 7.28. The second kappa shape index (κ2) is 12.7. The predicted octanol–water partition coefficient (Wildman–Crippen LogP) is 4.40. The average Bonchev–Trinajstić information content (AvgIpc) is 2.91. The number of carbonyl (C=O) groups excluding carboxylic acids is 2. The molecule has 0 heterocycles. The summed E-state index contributed by atoms with van der Waals surface area (Å²) in [6, 6.07) is 21.1. The van der Waals surface area contributed by atoms with Crippen molar-refractivity contribution in [2.24, 2.45) is 0 Å². The van der Waals surface area contributed by atoms with Crippen LogP contribution in [0.2, 0.25) is 0 Å². The van der Waals surface area contributed by atoms with Gasteiger partial charge in [-0.05, 0) is 68.5 Å². The van der Waals surface area contributed by atoms with Crippen molar-refractivity contribution in [2.45, 2.75) is 51.5 Å². The van der Waals surface area contributed by atoms with Gasteiger partial charge in [0, 0.05) is 13.6 Å². The van der Waals surface area contributed by atoms with Crippen LogP contribution in [-0.2, 0) is 26.0 Å². The first-order valence-electron chi connectivity index (χ1n) is 12.8. The van der Waals surface area contributed by atoms with E-state index in [1.165, 1.54) is 16.3 Å². The van der Waals surface area contributed by atoms with E-state index in [-0.39, 0.29) is 17.3 Å². The van der Waals surface area contributed by atoms with E-state index < -0.39 is 28.5 Å². The molecule has 0 aliphatic heterocycles. The number of hydrogen-bond acceptors (Lipinski definition) is 4. The Morgan fingerprint density at radius 3 is 2.13 bits per heavy atom. The van der Waals surface area contributed by atoms with Crippen LogP contribution in [0.5, 0.6) is 0 Å². The van der Waals surface area contributed by atoms with Crippen LogP contribution in [0.3, 0.4) is 0 Å². The molecule has 3 rings (SSSR count). The largest absolute Gasteiger partial charge is 0.357 e. The molecule has 38 heavy (non-hydrogen) atoms. The van der Waals surface area contributed by atoms with Crippen LogP contribution in [0.15, 0.2) is 77.7 Å². The van der Waals surface area contributed by atoms with Crippen molar-refractivity contribution in [1.29, 1.82) is 0 Å². The third-order valence-electron chi connectivity index (χ3n) is 6.64. The second-order valence-electron chi connectivity index (χ2n) is 9.48. The molecule has 7 nitrogen and oxygen atoms in total. The zero-order valence-electron chi connectivity index (χ0n) is 22.8. The fourth-order valence-electron chi connectivity index (χ4n) is 4.40. The third kappa shape index (κ3) is 6.81. The Morgan fingerprint density at radius 1 is 0.895 bits per heavy atom. The van der Waals surface area contributed by atoms with Crippen molar-refractivity contribution in [3.05, 3.63) is 95.1 Å². The molecular formula is C30H37N3O4S. The molecule has 3 aromatic carbocycles. The minimum atomic E-state index is -4.08. The molecule has 0 aromatic heterocycles. The standard InChI is InChI=1S/C30H37N3O4S/c1-6-27(30(35)31-5)32(19-18-25-10-8-7-9-11-25)29(34)21-33(28-20-23(3)12-15-24(28)4)38(36,37)26-16-13-22(2)14-17-26/h7-17,20,27H,6,18-19,21H2,1-5H3,(H,31,35)/t27-/m1/s1. The Bertz CT molecular complexity index is 1360. The number of rotatable bonds is 11. The molecule has 0 unspecified atom stereocenters. The van der Waals surface area contributed by atoms with Crippen LogP contribution < -0.4 is 9.62 Å². The van der Waals surface area contributed by atoms with Gasteiger partial charge in [0.25, 0.3) is 10.0 Å². The topological polar surface area (TPSA) is 86.8 Å². The lowest BCUT2D eigenvalue weighted by atomic mass is 10.1. The summed E-state index contributed by atoms with van der Waals surface area (Å²) in [5.74, 6) is -0.721. The summed E-state index contributed by atoms with van der Waals surface area (Å²) >= 11 is 0. The van der Waals surface area contributed by atoms with E-state index >= 15 is 0 Å². The summed E-state index contributed by atoms with van der Waals surface area (Å²) < 4.78 is 29.1. The molecule has 8 heteroatoms. The fourth-order valence-corrected chi connectivity index (χ4v) is 5.87. The molecule has 0 aliphatic carbocycles. The zero-order chi connectivity index (χ0) is 27.9. The van der Waals surface area contributed by atoms with E-state index in [1.807, 2.05) is 70.2 Å². The van der Waals surface area contributed by atoms with Crippen molar-refractivity contribution >= 4 is 27.5 Å². The zero-order valence-corrected chi connectivity index (χ0v) is 23.6. The monoisotopic (exact) mass is 535 g/mol. The normalized spacial score (nSPS) is 12.0. The van der Waals surface area contributed by atoms with Gasteiger partial charge in [-0.3, -0.25) is 13.9 Å². The first-order valence-corrected chi connectivity index (χ1v) is 14.2. The highest BCUT2D eigenvalue weighted by Gasteiger charge is 2.33. The van der Waals surface area contributed by atoms with Gasteiger partial charge in [0.15, 0.2) is 0 Å². The Balaban J connectivity index is 2.04. The van der Waals surface area contributed by atoms with E-state index in [2.05, 4.69) is 5.32 Å². The number of hydrogen-bond donors (Lipinski definition) is 1. The number of sulfonamides is 1. The van der Waals surface area contributed by atoms with Gasteiger partial charge in [-0.15, -0.1) is 0 Å². The first-order chi connectivity index (χ1) is 18.1. The van der Waals surface area contributed by atoms with Gasteiger partial charge in [-0.2, -0.15) is 0 Å². The van der Waals surface area contributed by atoms with Crippen LogP contribution in [0.25, 0.3) is 0 Å². The van der Waals surface area contributed by atoms with E-state index in [4.69, 9.17) is 0 Å². The van der Waals surface area contributed by atoms with E-state index in [0.717, 1.165) is 22.3 Å². The lowest BCUT2D eigenvalue weighted by Crippen LogP contribution is -2.52. The summed E-state index contributed by atoms with van der Waals surface area (Å²) in [7, 11) is -2.54. The molecule has 0 aliphatic rings. The predicted molar refractivity (Wildman–Crippen MR) is 152 cm³/mol. The van der Waals surface area contributed by atoms with Gasteiger partial charge in [0.2, 0.25) is 11.8 Å². The summed E-state index contributed by atoms with van der Waals surface area (Å²) in [5.41, 5.74) is 4.00. The summed E-state index contributed by atoms with van der Waals surface area (Å²) in [6.07, 6.45) is 0.933. The van der Waals surface area contributed by atoms with Crippen LogP contribution >= 0.6 is 0 Å². The highest BCUT2D eigenvalue weighted by Crippen LogP contribution is 2.28. The molecule has 1 atom stereocenters. The Morgan fingerprint density at radius 2 is 1.53 bits per heavy atom. The Labute approximate surface area is 226 Å². The molecule has 3 aromatic rings. The highest BCUT2D eigenvalue weighted by molar-refractivity contribution is 7.92.